The zero-order chi connectivity index (χ0) is 22.8. The van der Waals surface area contributed by atoms with Crippen LogP contribution in [0.25, 0.3) is 0 Å². The quantitative estimate of drug-likeness (QED) is 0.713. The molecule has 8 heteroatoms. The van der Waals surface area contributed by atoms with Crippen LogP contribution < -0.4 is 0 Å². The largest absolute Gasteiger partial charge is 0.341 e. The summed E-state index contributed by atoms with van der Waals surface area (Å²) in [5.74, 6) is -0.128. The number of carbonyl (C=O) groups is 2. The molecule has 2 saturated heterocycles. The topological polar surface area (TPSA) is 61.7 Å². The van der Waals surface area contributed by atoms with E-state index in [1.54, 1.807) is 12.1 Å². The van der Waals surface area contributed by atoms with Crippen LogP contribution in [0.2, 0.25) is 0 Å². The van der Waals surface area contributed by atoms with Gasteiger partial charge in [0.2, 0.25) is 11.8 Å². The van der Waals surface area contributed by atoms with E-state index in [0.29, 0.717) is 39.0 Å². The third kappa shape index (κ3) is 4.70. The lowest BCUT2D eigenvalue weighted by atomic mass is 10.1. The molecule has 0 bridgehead atoms. The highest BCUT2D eigenvalue weighted by molar-refractivity contribution is 5.84. The molecule has 1 unspecified atom stereocenters. The first kappa shape index (κ1) is 22.5. The van der Waals surface area contributed by atoms with Crippen LogP contribution in [0.4, 0.5) is 4.39 Å². The van der Waals surface area contributed by atoms with E-state index >= 15 is 0 Å². The van der Waals surface area contributed by atoms with Crippen molar-refractivity contribution in [1.82, 2.24) is 24.5 Å². The summed E-state index contributed by atoms with van der Waals surface area (Å²) >= 11 is 0. The molecule has 3 heterocycles. The third-order valence-corrected chi connectivity index (χ3v) is 6.85. The molecule has 0 N–H and O–H groups in total. The van der Waals surface area contributed by atoms with Gasteiger partial charge in [0, 0.05) is 58.4 Å². The Hall–Kier alpha value is -2.74. The number of amides is 2. The zero-order valence-electron chi connectivity index (χ0n) is 19.2. The maximum atomic E-state index is 13.3. The number of rotatable bonds is 5. The average Bonchev–Trinajstić information content (AvgIpc) is 2.93. The number of benzene rings is 1. The molecule has 0 aliphatic carbocycles. The van der Waals surface area contributed by atoms with Gasteiger partial charge >= 0.3 is 0 Å². The number of piperazine rings is 1. The van der Waals surface area contributed by atoms with Gasteiger partial charge in [-0.2, -0.15) is 5.10 Å². The van der Waals surface area contributed by atoms with Crippen LogP contribution in [0.15, 0.2) is 24.3 Å². The second-order valence-electron chi connectivity index (χ2n) is 8.90. The van der Waals surface area contributed by atoms with Crippen molar-refractivity contribution >= 4 is 11.8 Å². The lowest BCUT2D eigenvalue weighted by molar-refractivity contribution is -0.144. The number of hydrogen-bond acceptors (Lipinski definition) is 4. The molecule has 1 atom stereocenters. The van der Waals surface area contributed by atoms with Crippen LogP contribution in [0.3, 0.4) is 0 Å². The standard InChI is InChI=1S/C24H32FN5O2/c1-17-21(18(2)27(3)26-17)9-10-23(31)29-12-4-11-28-13-14-30(24(32)22(28)16-29)15-19-5-7-20(25)8-6-19/h5-8,22H,4,9-16H2,1-3H3. The second kappa shape index (κ2) is 9.40. The highest BCUT2D eigenvalue weighted by atomic mass is 19.1. The minimum atomic E-state index is -0.308. The van der Waals surface area contributed by atoms with Gasteiger partial charge in [0.25, 0.3) is 0 Å². The number of nitrogens with zero attached hydrogens (tertiary/aromatic N) is 5. The Morgan fingerprint density at radius 1 is 1.12 bits per heavy atom. The molecule has 0 spiro atoms. The van der Waals surface area contributed by atoms with Crippen LogP contribution in [0.1, 0.15) is 35.4 Å². The molecule has 0 saturated carbocycles. The van der Waals surface area contributed by atoms with E-state index in [2.05, 4.69) is 10.00 Å². The summed E-state index contributed by atoms with van der Waals surface area (Å²) in [7, 11) is 1.92. The van der Waals surface area contributed by atoms with Gasteiger partial charge in [-0.05, 0) is 49.9 Å². The van der Waals surface area contributed by atoms with Crippen LogP contribution in [-0.2, 0) is 29.6 Å². The van der Waals surface area contributed by atoms with Gasteiger partial charge in [-0.1, -0.05) is 12.1 Å². The van der Waals surface area contributed by atoms with Crippen molar-refractivity contribution in [3.63, 3.8) is 0 Å². The minimum Gasteiger partial charge on any atom is -0.341 e. The van der Waals surface area contributed by atoms with Gasteiger partial charge in [-0.25, -0.2) is 4.39 Å². The fourth-order valence-electron chi connectivity index (χ4n) is 4.87. The Balaban J connectivity index is 1.40. The summed E-state index contributed by atoms with van der Waals surface area (Å²) in [5, 5.41) is 4.44. The van der Waals surface area contributed by atoms with Gasteiger partial charge in [-0.15, -0.1) is 0 Å². The molecule has 7 nitrogen and oxygen atoms in total. The van der Waals surface area contributed by atoms with Crippen molar-refractivity contribution in [3.8, 4) is 0 Å². The summed E-state index contributed by atoms with van der Waals surface area (Å²) in [6.45, 7) is 7.87. The monoisotopic (exact) mass is 441 g/mol. The molecule has 0 radical (unpaired) electrons. The van der Waals surface area contributed by atoms with E-state index in [4.69, 9.17) is 0 Å². The SMILES string of the molecule is Cc1nn(C)c(C)c1CCC(=O)N1CCCN2CCN(Cc3ccc(F)cc3)C(=O)C2C1. The van der Waals surface area contributed by atoms with Crippen molar-refractivity contribution in [1.29, 1.82) is 0 Å². The summed E-state index contributed by atoms with van der Waals surface area (Å²) in [4.78, 5) is 32.3. The van der Waals surface area contributed by atoms with E-state index < -0.39 is 0 Å². The predicted molar refractivity (Wildman–Crippen MR) is 119 cm³/mol. The second-order valence-corrected chi connectivity index (χ2v) is 8.90. The molecule has 172 valence electrons. The number of hydrogen-bond donors (Lipinski definition) is 0. The number of halogens is 1. The summed E-state index contributed by atoms with van der Waals surface area (Å²) < 4.78 is 15.1. The zero-order valence-corrected chi connectivity index (χ0v) is 19.2. The third-order valence-electron chi connectivity index (χ3n) is 6.85. The molecule has 4 rings (SSSR count). The van der Waals surface area contributed by atoms with E-state index in [0.717, 1.165) is 42.0 Å². The van der Waals surface area contributed by atoms with Crippen molar-refractivity contribution in [2.75, 3.05) is 32.7 Å². The highest BCUT2D eigenvalue weighted by Crippen LogP contribution is 2.21. The van der Waals surface area contributed by atoms with Gasteiger partial charge in [0.05, 0.1) is 5.69 Å². The van der Waals surface area contributed by atoms with E-state index in [1.165, 1.54) is 12.1 Å². The number of fused-ring (bicyclic) bond motifs is 1. The molecule has 1 aromatic carbocycles. The van der Waals surface area contributed by atoms with Crippen molar-refractivity contribution in [2.24, 2.45) is 7.05 Å². The fourth-order valence-corrected chi connectivity index (χ4v) is 4.87. The van der Waals surface area contributed by atoms with Crippen molar-refractivity contribution in [3.05, 3.63) is 52.6 Å². The fraction of sp³-hybridized carbons (Fsp3) is 0.542. The molecule has 2 amide bonds. The van der Waals surface area contributed by atoms with Gasteiger partial charge < -0.3 is 9.80 Å². The Labute approximate surface area is 188 Å². The van der Waals surface area contributed by atoms with Crippen LogP contribution >= 0.6 is 0 Å². The van der Waals surface area contributed by atoms with Crippen LogP contribution in [0.5, 0.6) is 0 Å². The molecular formula is C24H32FN5O2. The molecule has 2 aromatic rings. The molecule has 2 aliphatic rings. The first-order chi connectivity index (χ1) is 15.3. The molecular weight excluding hydrogens is 409 g/mol. The van der Waals surface area contributed by atoms with Crippen molar-refractivity contribution in [2.45, 2.75) is 45.7 Å². The van der Waals surface area contributed by atoms with E-state index in [1.807, 2.05) is 35.4 Å². The maximum absolute atomic E-state index is 13.3. The first-order valence-corrected chi connectivity index (χ1v) is 11.4. The van der Waals surface area contributed by atoms with Gasteiger partial charge in [-0.3, -0.25) is 19.2 Å². The average molecular weight is 442 g/mol. The minimum absolute atomic E-state index is 0.0548. The van der Waals surface area contributed by atoms with Crippen LogP contribution in [0, 0.1) is 19.7 Å². The Kier molecular flexibility index (Phi) is 6.60. The number of aryl methyl sites for hydroxylation is 2. The first-order valence-electron chi connectivity index (χ1n) is 11.4. The lowest BCUT2D eigenvalue weighted by Crippen LogP contribution is -2.59. The predicted octanol–water partition coefficient (Wildman–Crippen LogP) is 2.05. The number of carbonyl (C=O) groups excluding carboxylic acids is 2. The number of aromatic nitrogens is 2. The van der Waals surface area contributed by atoms with Gasteiger partial charge in [0.15, 0.2) is 0 Å². The molecule has 1 aromatic heterocycles. The molecule has 2 fully saturated rings. The lowest BCUT2D eigenvalue weighted by Gasteiger charge is -2.40. The highest BCUT2D eigenvalue weighted by Gasteiger charge is 2.38. The maximum Gasteiger partial charge on any atom is 0.242 e. The van der Waals surface area contributed by atoms with Crippen LogP contribution in [-0.4, -0.2) is 75.1 Å². The van der Waals surface area contributed by atoms with Gasteiger partial charge in [0.1, 0.15) is 11.9 Å². The van der Waals surface area contributed by atoms with Crippen molar-refractivity contribution < 1.29 is 14.0 Å². The van der Waals surface area contributed by atoms with E-state index in [-0.39, 0.29) is 23.7 Å². The molecule has 32 heavy (non-hydrogen) atoms. The Bertz CT molecular complexity index is 987. The molecule has 2 aliphatic heterocycles. The Morgan fingerprint density at radius 2 is 1.88 bits per heavy atom. The summed E-state index contributed by atoms with van der Waals surface area (Å²) in [6.07, 6.45) is 1.96. The summed E-state index contributed by atoms with van der Waals surface area (Å²) in [5.41, 5.74) is 4.11. The Morgan fingerprint density at radius 3 is 2.56 bits per heavy atom. The normalized spacial score (nSPS) is 19.8. The summed E-state index contributed by atoms with van der Waals surface area (Å²) in [6, 6.07) is 5.99. The smallest absolute Gasteiger partial charge is 0.242 e. The van der Waals surface area contributed by atoms with E-state index in [9.17, 15) is 14.0 Å².